The zero-order valence-corrected chi connectivity index (χ0v) is 19.5. The fourth-order valence-corrected chi connectivity index (χ4v) is 3.87. The monoisotopic (exact) mass is 449 g/mol. The summed E-state index contributed by atoms with van der Waals surface area (Å²) in [7, 11) is 0. The van der Waals surface area contributed by atoms with Crippen molar-refractivity contribution in [3.05, 3.63) is 54.1 Å². The Morgan fingerprint density at radius 3 is 2.21 bits per heavy atom. The van der Waals surface area contributed by atoms with Gasteiger partial charge in [0.2, 0.25) is 11.7 Å². The highest BCUT2D eigenvalue weighted by molar-refractivity contribution is 5.84. The van der Waals surface area contributed by atoms with Crippen molar-refractivity contribution in [1.82, 2.24) is 25.5 Å². The predicted octanol–water partition coefficient (Wildman–Crippen LogP) is 4.41. The van der Waals surface area contributed by atoms with Crippen LogP contribution in [0.5, 0.6) is 0 Å². The van der Waals surface area contributed by atoms with E-state index >= 15 is 0 Å². The van der Waals surface area contributed by atoms with Gasteiger partial charge in [0, 0.05) is 18.5 Å². The van der Waals surface area contributed by atoms with E-state index in [0.29, 0.717) is 18.2 Å². The number of aromatic amines is 1. The first-order valence-electron chi connectivity index (χ1n) is 11.2. The molecule has 1 amide bonds. The molecule has 0 aliphatic carbocycles. The SMILES string of the molecule is CC(C)CCC(=O)N(Cc1ccc(-c2ccccc2-c2nn[nH]n2)cc1)[C@H](C(=O)O)C(C)C. The van der Waals surface area contributed by atoms with Gasteiger partial charge in [-0.1, -0.05) is 76.2 Å². The lowest BCUT2D eigenvalue weighted by Gasteiger charge is -2.32. The van der Waals surface area contributed by atoms with E-state index in [1.165, 1.54) is 4.90 Å². The van der Waals surface area contributed by atoms with Gasteiger partial charge in [-0.2, -0.15) is 5.21 Å². The summed E-state index contributed by atoms with van der Waals surface area (Å²) in [4.78, 5) is 26.5. The van der Waals surface area contributed by atoms with E-state index in [1.807, 2.05) is 62.4 Å². The summed E-state index contributed by atoms with van der Waals surface area (Å²) < 4.78 is 0. The number of carbonyl (C=O) groups is 2. The van der Waals surface area contributed by atoms with Gasteiger partial charge >= 0.3 is 5.97 Å². The van der Waals surface area contributed by atoms with Crippen LogP contribution in [0.3, 0.4) is 0 Å². The number of benzene rings is 2. The van der Waals surface area contributed by atoms with E-state index < -0.39 is 12.0 Å². The summed E-state index contributed by atoms with van der Waals surface area (Å²) in [5.74, 6) is -0.425. The Bertz CT molecular complexity index is 1060. The number of rotatable bonds is 10. The lowest BCUT2D eigenvalue weighted by molar-refractivity contribution is -0.153. The summed E-state index contributed by atoms with van der Waals surface area (Å²) in [5, 5.41) is 24.1. The van der Waals surface area contributed by atoms with E-state index in [4.69, 9.17) is 0 Å². The van der Waals surface area contributed by atoms with Crippen LogP contribution in [0, 0.1) is 11.8 Å². The Morgan fingerprint density at radius 2 is 1.67 bits per heavy atom. The van der Waals surface area contributed by atoms with Crippen LogP contribution < -0.4 is 0 Å². The molecular weight excluding hydrogens is 418 g/mol. The molecule has 1 atom stereocenters. The van der Waals surface area contributed by atoms with Crippen molar-refractivity contribution < 1.29 is 14.7 Å². The van der Waals surface area contributed by atoms with Crippen molar-refractivity contribution in [3.8, 4) is 22.5 Å². The maximum Gasteiger partial charge on any atom is 0.326 e. The van der Waals surface area contributed by atoms with Crippen molar-refractivity contribution in [2.75, 3.05) is 0 Å². The molecule has 0 aliphatic rings. The van der Waals surface area contributed by atoms with Crippen molar-refractivity contribution >= 4 is 11.9 Å². The van der Waals surface area contributed by atoms with E-state index in [2.05, 4.69) is 34.5 Å². The lowest BCUT2D eigenvalue weighted by atomic mass is 9.97. The molecule has 0 fully saturated rings. The number of aromatic nitrogens is 4. The van der Waals surface area contributed by atoms with Crippen LogP contribution in [-0.2, 0) is 16.1 Å². The number of carboxylic acid groups (broad SMARTS) is 1. The summed E-state index contributed by atoms with van der Waals surface area (Å²) in [6.07, 6.45) is 1.07. The number of nitrogens with zero attached hydrogens (tertiary/aromatic N) is 4. The van der Waals surface area contributed by atoms with Crippen molar-refractivity contribution in [3.63, 3.8) is 0 Å². The average molecular weight is 450 g/mol. The van der Waals surface area contributed by atoms with Crippen LogP contribution in [0.4, 0.5) is 0 Å². The van der Waals surface area contributed by atoms with Crippen LogP contribution in [0.25, 0.3) is 22.5 Å². The summed E-state index contributed by atoms with van der Waals surface area (Å²) in [5.41, 5.74) is 3.66. The van der Waals surface area contributed by atoms with Crippen molar-refractivity contribution in [2.45, 2.75) is 53.1 Å². The third-order valence-corrected chi connectivity index (χ3v) is 5.61. The normalized spacial score (nSPS) is 12.2. The molecule has 8 heteroatoms. The second-order valence-corrected chi connectivity index (χ2v) is 8.96. The predicted molar refractivity (Wildman–Crippen MR) is 126 cm³/mol. The van der Waals surface area contributed by atoms with Gasteiger partial charge in [-0.15, -0.1) is 10.2 Å². The minimum Gasteiger partial charge on any atom is -0.480 e. The quantitative estimate of drug-likeness (QED) is 0.474. The van der Waals surface area contributed by atoms with Gasteiger partial charge < -0.3 is 10.0 Å². The lowest BCUT2D eigenvalue weighted by Crippen LogP contribution is -2.47. The van der Waals surface area contributed by atoms with E-state index in [-0.39, 0.29) is 18.4 Å². The number of hydrogen-bond acceptors (Lipinski definition) is 5. The molecule has 0 spiro atoms. The Balaban J connectivity index is 1.87. The number of carboxylic acids is 1. The first-order valence-corrected chi connectivity index (χ1v) is 11.2. The number of hydrogen-bond donors (Lipinski definition) is 2. The third-order valence-electron chi connectivity index (χ3n) is 5.61. The molecule has 3 aromatic rings. The molecule has 0 aliphatic heterocycles. The fourth-order valence-electron chi connectivity index (χ4n) is 3.87. The molecule has 8 nitrogen and oxygen atoms in total. The highest BCUT2D eigenvalue weighted by Gasteiger charge is 2.32. The molecule has 2 aromatic carbocycles. The molecule has 0 saturated carbocycles. The van der Waals surface area contributed by atoms with Crippen LogP contribution in [0.15, 0.2) is 48.5 Å². The molecule has 0 bridgehead atoms. The first kappa shape index (κ1) is 24.1. The summed E-state index contributed by atoms with van der Waals surface area (Å²) >= 11 is 0. The molecule has 3 rings (SSSR count). The van der Waals surface area contributed by atoms with E-state index in [9.17, 15) is 14.7 Å². The summed E-state index contributed by atoms with van der Waals surface area (Å²) in [6, 6.07) is 14.7. The second-order valence-electron chi connectivity index (χ2n) is 8.96. The van der Waals surface area contributed by atoms with Gasteiger partial charge in [0.15, 0.2) is 0 Å². The zero-order valence-electron chi connectivity index (χ0n) is 19.5. The van der Waals surface area contributed by atoms with Crippen LogP contribution >= 0.6 is 0 Å². The smallest absolute Gasteiger partial charge is 0.326 e. The van der Waals surface area contributed by atoms with E-state index in [1.54, 1.807) is 0 Å². The molecule has 2 N–H and O–H groups in total. The largest absolute Gasteiger partial charge is 0.480 e. The topological polar surface area (TPSA) is 112 Å². The number of tetrazole rings is 1. The molecule has 33 heavy (non-hydrogen) atoms. The molecular formula is C25H31N5O3. The molecule has 174 valence electrons. The van der Waals surface area contributed by atoms with Crippen LogP contribution in [0.2, 0.25) is 0 Å². The molecule has 1 heterocycles. The third kappa shape index (κ3) is 6.03. The van der Waals surface area contributed by atoms with E-state index in [0.717, 1.165) is 28.7 Å². The molecule has 0 unspecified atom stereocenters. The number of nitrogens with one attached hydrogen (secondary N) is 1. The summed E-state index contributed by atoms with van der Waals surface area (Å²) in [6.45, 7) is 8.03. The van der Waals surface area contributed by atoms with Crippen LogP contribution in [-0.4, -0.2) is 48.5 Å². The maximum absolute atomic E-state index is 13.0. The Kier molecular flexibility index (Phi) is 7.92. The standard InChI is InChI=1S/C25H31N5O3/c1-16(2)9-14-22(31)30(23(17(3)4)25(32)33)15-18-10-12-19(13-11-18)20-7-5-6-8-21(20)24-26-28-29-27-24/h5-8,10-13,16-17,23H,9,14-15H2,1-4H3,(H,32,33)(H,26,27,28,29)/t23-/m0/s1. The number of amides is 1. The van der Waals surface area contributed by atoms with Crippen molar-refractivity contribution in [1.29, 1.82) is 0 Å². The maximum atomic E-state index is 13.0. The Labute approximate surface area is 194 Å². The number of aliphatic carboxylic acids is 1. The minimum absolute atomic E-state index is 0.128. The zero-order chi connectivity index (χ0) is 24.0. The van der Waals surface area contributed by atoms with Gasteiger partial charge in [0.25, 0.3) is 0 Å². The minimum atomic E-state index is -0.978. The number of H-pyrrole nitrogens is 1. The average Bonchev–Trinajstić information content (AvgIpc) is 3.32. The van der Waals surface area contributed by atoms with Gasteiger partial charge in [-0.05, 0) is 40.2 Å². The highest BCUT2D eigenvalue weighted by atomic mass is 16.4. The fraction of sp³-hybridized carbons (Fsp3) is 0.400. The molecule has 1 aromatic heterocycles. The Hall–Kier alpha value is -3.55. The molecule has 0 saturated heterocycles. The Morgan fingerprint density at radius 1 is 1.00 bits per heavy atom. The molecule has 0 radical (unpaired) electrons. The van der Waals surface area contributed by atoms with Gasteiger partial charge in [0.1, 0.15) is 6.04 Å². The van der Waals surface area contributed by atoms with Gasteiger partial charge in [-0.3, -0.25) is 4.79 Å². The van der Waals surface area contributed by atoms with Crippen molar-refractivity contribution in [2.24, 2.45) is 11.8 Å². The van der Waals surface area contributed by atoms with Gasteiger partial charge in [0.05, 0.1) is 0 Å². The van der Waals surface area contributed by atoms with Gasteiger partial charge in [-0.25, -0.2) is 4.79 Å². The van der Waals surface area contributed by atoms with Crippen LogP contribution in [0.1, 0.15) is 46.1 Å². The highest BCUT2D eigenvalue weighted by Crippen LogP contribution is 2.30. The second kappa shape index (κ2) is 10.8. The number of carbonyl (C=O) groups excluding carboxylic acids is 1. The first-order chi connectivity index (χ1) is 15.8.